The zero-order valence-corrected chi connectivity index (χ0v) is 10.4. The molecule has 18 heavy (non-hydrogen) atoms. The molecule has 0 saturated carbocycles. The van der Waals surface area contributed by atoms with Gasteiger partial charge in [-0.3, -0.25) is 0 Å². The van der Waals surface area contributed by atoms with Crippen LogP contribution in [0.3, 0.4) is 0 Å². The van der Waals surface area contributed by atoms with Crippen LogP contribution in [0.15, 0.2) is 18.2 Å². The molecule has 7 heteroatoms. The first-order valence-corrected chi connectivity index (χ1v) is 6.02. The lowest BCUT2D eigenvalue weighted by Crippen LogP contribution is -2.06. The number of hydrogen-bond donors (Lipinski definition) is 1. The van der Waals surface area contributed by atoms with Crippen molar-refractivity contribution in [3.63, 3.8) is 0 Å². The number of nitrogens with zero attached hydrogens (tertiary/aromatic N) is 4. The van der Waals surface area contributed by atoms with E-state index in [1.54, 1.807) is 10.7 Å². The molecule has 0 amide bonds. The fourth-order valence-electron chi connectivity index (χ4n) is 1.62. The maximum atomic E-state index is 13.0. The molecule has 0 aliphatic rings. The van der Waals surface area contributed by atoms with Gasteiger partial charge in [-0.05, 0) is 48.0 Å². The summed E-state index contributed by atoms with van der Waals surface area (Å²) < 4.78 is 14.6. The first-order valence-electron chi connectivity index (χ1n) is 5.64. The van der Waals surface area contributed by atoms with Gasteiger partial charge in [0, 0.05) is 12.1 Å². The number of aryl methyl sites for hydroxylation is 1. The zero-order valence-electron chi connectivity index (χ0n) is 9.68. The Balaban J connectivity index is 2.25. The van der Waals surface area contributed by atoms with Gasteiger partial charge < -0.3 is 5.73 Å². The number of rotatable bonds is 5. The van der Waals surface area contributed by atoms with Gasteiger partial charge in [0.25, 0.3) is 0 Å². The summed E-state index contributed by atoms with van der Waals surface area (Å²) in [6.45, 7) is 1.29. The molecule has 0 bridgehead atoms. The Labute approximate surface area is 109 Å². The van der Waals surface area contributed by atoms with E-state index in [-0.39, 0.29) is 5.82 Å². The number of tetrazole rings is 1. The molecule has 5 nitrogen and oxygen atoms in total. The number of halogens is 2. The molecular weight excluding hydrogens is 257 g/mol. The molecule has 1 aromatic heterocycles. The van der Waals surface area contributed by atoms with Crippen LogP contribution >= 0.6 is 11.6 Å². The van der Waals surface area contributed by atoms with Gasteiger partial charge in [0.2, 0.25) is 0 Å². The normalized spacial score (nSPS) is 10.8. The first kappa shape index (κ1) is 12.9. The lowest BCUT2D eigenvalue weighted by molar-refractivity contribution is 0.548. The van der Waals surface area contributed by atoms with Crippen LogP contribution in [0.25, 0.3) is 11.4 Å². The maximum absolute atomic E-state index is 13.0. The minimum Gasteiger partial charge on any atom is -0.330 e. The minimum absolute atomic E-state index is 0.296. The van der Waals surface area contributed by atoms with E-state index in [9.17, 15) is 4.39 Å². The Morgan fingerprint density at radius 1 is 1.33 bits per heavy atom. The highest BCUT2D eigenvalue weighted by Crippen LogP contribution is 2.26. The number of unbranched alkanes of at least 4 members (excludes halogenated alkanes) is 1. The topological polar surface area (TPSA) is 69.6 Å². The van der Waals surface area contributed by atoms with E-state index in [1.165, 1.54) is 12.1 Å². The molecule has 2 N–H and O–H groups in total. The summed E-state index contributed by atoms with van der Waals surface area (Å²) in [6.07, 6.45) is 1.78. The Kier molecular flexibility index (Phi) is 4.22. The highest BCUT2D eigenvalue weighted by molar-refractivity contribution is 6.33. The Hall–Kier alpha value is -1.53. The van der Waals surface area contributed by atoms with Crippen LogP contribution in [0.4, 0.5) is 4.39 Å². The van der Waals surface area contributed by atoms with Gasteiger partial charge in [-0.1, -0.05) is 11.6 Å². The monoisotopic (exact) mass is 269 g/mol. The highest BCUT2D eigenvalue weighted by atomic mass is 35.5. The quantitative estimate of drug-likeness (QED) is 0.842. The van der Waals surface area contributed by atoms with Gasteiger partial charge in [-0.25, -0.2) is 9.07 Å². The summed E-state index contributed by atoms with van der Waals surface area (Å²) in [5, 5.41) is 11.7. The molecule has 2 aromatic rings. The SMILES string of the molecule is NCCCCn1nnnc1-c1ccc(F)cc1Cl. The van der Waals surface area contributed by atoms with Gasteiger partial charge in [-0.2, -0.15) is 0 Å². The summed E-state index contributed by atoms with van der Waals surface area (Å²) in [4.78, 5) is 0. The van der Waals surface area contributed by atoms with Crippen LogP contribution in [0.2, 0.25) is 5.02 Å². The van der Waals surface area contributed by atoms with Crippen LogP contribution in [-0.4, -0.2) is 26.8 Å². The van der Waals surface area contributed by atoms with Crippen molar-refractivity contribution in [2.75, 3.05) is 6.54 Å². The van der Waals surface area contributed by atoms with E-state index >= 15 is 0 Å². The minimum atomic E-state index is -0.383. The van der Waals surface area contributed by atoms with Crippen LogP contribution < -0.4 is 5.73 Å². The fourth-order valence-corrected chi connectivity index (χ4v) is 1.88. The maximum Gasteiger partial charge on any atom is 0.183 e. The number of hydrogen-bond acceptors (Lipinski definition) is 4. The Morgan fingerprint density at radius 2 is 2.17 bits per heavy atom. The molecule has 0 fully saturated rings. The molecule has 96 valence electrons. The van der Waals surface area contributed by atoms with Gasteiger partial charge in [0.05, 0.1) is 5.02 Å². The molecule has 0 atom stereocenters. The van der Waals surface area contributed by atoms with E-state index in [1.807, 2.05) is 0 Å². The predicted molar refractivity (Wildman–Crippen MR) is 66.5 cm³/mol. The molecular formula is C11H13ClFN5. The van der Waals surface area contributed by atoms with Crippen molar-refractivity contribution in [2.45, 2.75) is 19.4 Å². The average Bonchev–Trinajstić information content (AvgIpc) is 2.78. The summed E-state index contributed by atoms with van der Waals surface area (Å²) in [7, 11) is 0. The second-order valence-corrected chi connectivity index (χ2v) is 4.25. The summed E-state index contributed by atoms with van der Waals surface area (Å²) in [5.74, 6) is 0.155. The van der Waals surface area contributed by atoms with Crippen molar-refractivity contribution in [3.05, 3.63) is 29.0 Å². The third-order valence-corrected chi connectivity index (χ3v) is 2.84. The summed E-state index contributed by atoms with van der Waals surface area (Å²) >= 11 is 5.99. The first-order chi connectivity index (χ1) is 8.72. The Bertz CT molecular complexity index is 528. The lowest BCUT2D eigenvalue weighted by atomic mass is 10.2. The van der Waals surface area contributed by atoms with Crippen LogP contribution in [-0.2, 0) is 6.54 Å². The molecule has 1 heterocycles. The molecule has 0 aliphatic heterocycles. The molecule has 0 radical (unpaired) electrons. The Morgan fingerprint density at radius 3 is 2.89 bits per heavy atom. The van der Waals surface area contributed by atoms with E-state index in [2.05, 4.69) is 15.5 Å². The molecule has 0 saturated heterocycles. The molecule has 0 unspecified atom stereocenters. The van der Waals surface area contributed by atoms with Gasteiger partial charge in [-0.15, -0.1) is 5.10 Å². The van der Waals surface area contributed by atoms with Crippen LogP contribution in [0, 0.1) is 5.82 Å². The van der Waals surface area contributed by atoms with Crippen molar-refractivity contribution >= 4 is 11.6 Å². The predicted octanol–water partition coefficient (Wildman–Crippen LogP) is 1.87. The largest absolute Gasteiger partial charge is 0.330 e. The third-order valence-electron chi connectivity index (χ3n) is 2.53. The van der Waals surface area contributed by atoms with Crippen molar-refractivity contribution in [1.29, 1.82) is 0 Å². The molecule has 0 spiro atoms. The standard InChI is InChI=1S/C11H13ClFN5/c12-10-7-8(13)3-4-9(10)11-15-16-17-18(11)6-2-1-5-14/h3-4,7H,1-2,5-6,14H2. The molecule has 0 aliphatic carbocycles. The van der Waals surface area contributed by atoms with Crippen molar-refractivity contribution < 1.29 is 4.39 Å². The zero-order chi connectivity index (χ0) is 13.0. The molecule has 1 aromatic carbocycles. The van der Waals surface area contributed by atoms with E-state index in [0.29, 0.717) is 29.5 Å². The van der Waals surface area contributed by atoms with Crippen molar-refractivity contribution in [2.24, 2.45) is 5.73 Å². The number of benzene rings is 1. The van der Waals surface area contributed by atoms with Crippen LogP contribution in [0.5, 0.6) is 0 Å². The number of nitrogens with two attached hydrogens (primary N) is 1. The second-order valence-electron chi connectivity index (χ2n) is 3.85. The van der Waals surface area contributed by atoms with Crippen LogP contribution in [0.1, 0.15) is 12.8 Å². The van der Waals surface area contributed by atoms with Gasteiger partial charge >= 0.3 is 0 Å². The molecule has 2 rings (SSSR count). The summed E-state index contributed by atoms with van der Waals surface area (Å²) in [5.41, 5.74) is 6.06. The van der Waals surface area contributed by atoms with Gasteiger partial charge in [0.1, 0.15) is 5.82 Å². The van der Waals surface area contributed by atoms with E-state index < -0.39 is 0 Å². The van der Waals surface area contributed by atoms with Gasteiger partial charge in [0.15, 0.2) is 5.82 Å². The number of aromatic nitrogens is 4. The van der Waals surface area contributed by atoms with Crippen molar-refractivity contribution in [1.82, 2.24) is 20.2 Å². The lowest BCUT2D eigenvalue weighted by Gasteiger charge is -2.05. The second kappa shape index (κ2) is 5.88. The van der Waals surface area contributed by atoms with E-state index in [0.717, 1.165) is 12.8 Å². The fraction of sp³-hybridized carbons (Fsp3) is 0.364. The summed E-state index contributed by atoms with van der Waals surface area (Å²) in [6, 6.07) is 4.15. The van der Waals surface area contributed by atoms with E-state index in [4.69, 9.17) is 17.3 Å². The smallest absolute Gasteiger partial charge is 0.183 e. The average molecular weight is 270 g/mol. The highest BCUT2D eigenvalue weighted by Gasteiger charge is 2.12. The third kappa shape index (κ3) is 2.83. The van der Waals surface area contributed by atoms with Crippen molar-refractivity contribution in [3.8, 4) is 11.4 Å².